The number of carbonyl (C=O) groups excluding carboxylic acids is 2. The first-order valence-electron chi connectivity index (χ1n) is 18.0. The summed E-state index contributed by atoms with van der Waals surface area (Å²) < 4.78 is 54.0. The Morgan fingerprint density at radius 3 is 2.71 bits per heavy atom. The standard InChI is InChI=1S/C37H49N5O9S/c1-37(2,15-6-7-16-39-35(44)41-18-17-38-24-41)23-42(52(46,47)27-13-14-32-33(20-27)50-25-49-32)21-30(43)29(19-26-9-4-3-5-10-26)40-36(45)51-34-22-48-31-12-8-11-28(31)34/h3-5,9-10,13-14,17-18,20,24,28-31,34,43H,6-8,11-12,15-16,19,21-23,25H2,1-2H3,(H,39,44)(H,40,45). The number of fused-ring (bicyclic) bond motifs is 2. The molecule has 5 atom stereocenters. The first-order valence-corrected chi connectivity index (χ1v) is 19.4. The second kappa shape index (κ2) is 16.7. The molecule has 2 fully saturated rings. The van der Waals surface area contributed by atoms with Gasteiger partial charge in [0.1, 0.15) is 12.4 Å². The molecule has 14 nitrogen and oxygen atoms in total. The molecule has 2 amide bonds. The number of imidazole rings is 1. The van der Waals surface area contributed by atoms with Crippen molar-refractivity contribution in [2.24, 2.45) is 11.3 Å². The van der Waals surface area contributed by atoms with Crippen LogP contribution in [0.15, 0.2) is 72.1 Å². The lowest BCUT2D eigenvalue weighted by molar-refractivity contribution is 0.0507. The van der Waals surface area contributed by atoms with Crippen LogP contribution >= 0.6 is 0 Å². The van der Waals surface area contributed by atoms with Crippen LogP contribution in [0, 0.1) is 11.3 Å². The van der Waals surface area contributed by atoms with Crippen LogP contribution in [-0.4, -0.2) is 96.9 Å². The maximum absolute atomic E-state index is 14.4. The largest absolute Gasteiger partial charge is 0.454 e. The Morgan fingerprint density at radius 2 is 1.92 bits per heavy atom. The highest BCUT2D eigenvalue weighted by Crippen LogP contribution is 2.38. The summed E-state index contributed by atoms with van der Waals surface area (Å²) in [6, 6.07) is 12.7. The summed E-state index contributed by atoms with van der Waals surface area (Å²) in [6.07, 6.45) is 7.48. The molecule has 3 aliphatic rings. The van der Waals surface area contributed by atoms with E-state index in [1.807, 2.05) is 44.2 Å². The molecule has 1 aliphatic carbocycles. The summed E-state index contributed by atoms with van der Waals surface area (Å²) in [7, 11) is -4.17. The lowest BCUT2D eigenvalue weighted by atomic mass is 9.87. The van der Waals surface area contributed by atoms with Crippen molar-refractivity contribution in [3.05, 3.63) is 72.8 Å². The van der Waals surface area contributed by atoms with E-state index in [0.717, 1.165) is 24.8 Å². The molecule has 0 radical (unpaired) electrons. The van der Waals surface area contributed by atoms with E-state index in [0.29, 0.717) is 43.9 Å². The predicted octanol–water partition coefficient (Wildman–Crippen LogP) is 4.32. The van der Waals surface area contributed by atoms with Gasteiger partial charge in [-0.05, 0) is 55.2 Å². The molecule has 0 bridgehead atoms. The van der Waals surface area contributed by atoms with Gasteiger partial charge in [0, 0.05) is 44.0 Å². The van der Waals surface area contributed by atoms with Gasteiger partial charge in [0.05, 0.1) is 29.8 Å². The number of rotatable bonds is 16. The SMILES string of the molecule is CC(C)(CCCCNC(=O)n1ccnc1)CN(CC(O)C(Cc1ccccc1)NC(=O)OC1COC2CCCC21)S(=O)(=O)c1ccc2c(c1)OCO2. The van der Waals surface area contributed by atoms with Crippen molar-refractivity contribution in [3.8, 4) is 11.5 Å². The summed E-state index contributed by atoms with van der Waals surface area (Å²) in [5.74, 6) is 0.930. The first-order chi connectivity index (χ1) is 25.0. The average molecular weight is 740 g/mol. The van der Waals surface area contributed by atoms with Gasteiger partial charge in [-0.15, -0.1) is 0 Å². The molecule has 1 aromatic heterocycles. The normalized spacial score (nSPS) is 20.7. The molecule has 0 spiro atoms. The minimum atomic E-state index is -4.17. The minimum Gasteiger partial charge on any atom is -0.454 e. The minimum absolute atomic E-state index is 0.00120. The van der Waals surface area contributed by atoms with Crippen LogP contribution in [0.25, 0.3) is 0 Å². The number of sulfonamides is 1. The number of nitrogens with zero attached hydrogens (tertiary/aromatic N) is 3. The van der Waals surface area contributed by atoms with Crippen molar-refractivity contribution >= 4 is 22.1 Å². The molecule has 2 aliphatic heterocycles. The summed E-state index contributed by atoms with van der Waals surface area (Å²) in [6.45, 7) is 4.51. The number of hydrogen-bond acceptors (Lipinski definition) is 10. The molecule has 15 heteroatoms. The van der Waals surface area contributed by atoms with Crippen LogP contribution in [0.2, 0.25) is 0 Å². The van der Waals surface area contributed by atoms with Gasteiger partial charge in [0.2, 0.25) is 16.8 Å². The van der Waals surface area contributed by atoms with Gasteiger partial charge in [-0.3, -0.25) is 4.57 Å². The van der Waals surface area contributed by atoms with Crippen molar-refractivity contribution < 1.29 is 42.1 Å². The van der Waals surface area contributed by atoms with E-state index in [9.17, 15) is 23.1 Å². The maximum Gasteiger partial charge on any atom is 0.407 e. The molecular formula is C37H49N5O9S. The summed E-state index contributed by atoms with van der Waals surface area (Å²) >= 11 is 0. The fourth-order valence-electron chi connectivity index (χ4n) is 7.25. The number of aliphatic hydroxyl groups is 1. The summed E-state index contributed by atoms with van der Waals surface area (Å²) in [5, 5.41) is 17.6. The Morgan fingerprint density at radius 1 is 1.12 bits per heavy atom. The smallest absolute Gasteiger partial charge is 0.407 e. The van der Waals surface area contributed by atoms with Gasteiger partial charge >= 0.3 is 12.1 Å². The van der Waals surface area contributed by atoms with E-state index in [1.54, 1.807) is 12.3 Å². The Bertz CT molecular complexity index is 1760. The zero-order valence-electron chi connectivity index (χ0n) is 29.7. The number of nitrogens with one attached hydrogen (secondary N) is 2. The second-order valence-electron chi connectivity index (χ2n) is 14.6. The van der Waals surface area contributed by atoms with Crippen LogP contribution in [-0.2, 0) is 25.9 Å². The molecule has 1 saturated heterocycles. The fourth-order valence-corrected chi connectivity index (χ4v) is 8.91. The molecule has 6 rings (SSSR count). The molecule has 3 heterocycles. The third-order valence-electron chi connectivity index (χ3n) is 10.1. The van der Waals surface area contributed by atoms with Crippen LogP contribution in [0.3, 0.4) is 0 Å². The number of aliphatic hydroxyl groups excluding tert-OH is 1. The fraction of sp³-hybridized carbons (Fsp3) is 0.541. The lowest BCUT2D eigenvalue weighted by Crippen LogP contribution is -2.52. The first kappa shape index (κ1) is 37.6. The van der Waals surface area contributed by atoms with Gasteiger partial charge in [-0.1, -0.05) is 57.0 Å². The number of ether oxygens (including phenoxy) is 4. The zero-order chi connectivity index (χ0) is 36.7. The van der Waals surface area contributed by atoms with Gasteiger partial charge in [0.15, 0.2) is 11.5 Å². The monoisotopic (exact) mass is 739 g/mol. The third-order valence-corrected chi connectivity index (χ3v) is 11.9. The van der Waals surface area contributed by atoms with Gasteiger partial charge < -0.3 is 34.7 Å². The number of carbonyl (C=O) groups is 2. The van der Waals surface area contributed by atoms with Crippen molar-refractivity contribution in [2.75, 3.05) is 33.0 Å². The van der Waals surface area contributed by atoms with Crippen molar-refractivity contribution in [1.82, 2.24) is 24.5 Å². The zero-order valence-corrected chi connectivity index (χ0v) is 30.5. The molecular weight excluding hydrogens is 691 g/mol. The van der Waals surface area contributed by atoms with Crippen molar-refractivity contribution in [3.63, 3.8) is 0 Å². The van der Waals surface area contributed by atoms with E-state index in [-0.39, 0.29) is 55.4 Å². The Hall–Kier alpha value is -4.18. The highest BCUT2D eigenvalue weighted by atomic mass is 32.2. The molecule has 3 aromatic rings. The Labute approximate surface area is 304 Å². The van der Waals surface area contributed by atoms with Crippen molar-refractivity contribution in [2.45, 2.75) is 88.0 Å². The van der Waals surface area contributed by atoms with Gasteiger partial charge in [-0.25, -0.2) is 23.0 Å². The van der Waals surface area contributed by atoms with Crippen molar-refractivity contribution in [1.29, 1.82) is 0 Å². The van der Waals surface area contributed by atoms with E-state index >= 15 is 0 Å². The molecule has 52 heavy (non-hydrogen) atoms. The number of amides is 2. The number of aromatic nitrogens is 2. The maximum atomic E-state index is 14.4. The quantitative estimate of drug-likeness (QED) is 0.180. The Kier molecular flexibility index (Phi) is 12.0. The number of unbranched alkanes of at least 4 members (excludes halogenated alkanes) is 1. The highest BCUT2D eigenvalue weighted by Gasteiger charge is 2.43. The summed E-state index contributed by atoms with van der Waals surface area (Å²) in [5.41, 5.74) is 0.330. The summed E-state index contributed by atoms with van der Waals surface area (Å²) in [4.78, 5) is 29.5. The Balaban J connectivity index is 1.16. The second-order valence-corrected chi connectivity index (χ2v) is 16.5. The van der Waals surface area contributed by atoms with Crippen LogP contribution in [0.1, 0.15) is 57.9 Å². The average Bonchev–Trinajstić information content (AvgIpc) is 3.95. The number of hydrogen-bond donors (Lipinski definition) is 3. The molecule has 2 aromatic carbocycles. The number of benzene rings is 2. The molecule has 282 valence electrons. The third kappa shape index (κ3) is 9.43. The topological polar surface area (TPSA) is 171 Å². The van der Waals surface area contributed by atoms with Crippen LogP contribution < -0.4 is 20.1 Å². The van der Waals surface area contributed by atoms with E-state index in [1.165, 1.54) is 33.5 Å². The predicted molar refractivity (Wildman–Crippen MR) is 190 cm³/mol. The van der Waals surface area contributed by atoms with Crippen LogP contribution in [0.4, 0.5) is 9.59 Å². The van der Waals surface area contributed by atoms with E-state index in [2.05, 4.69) is 15.6 Å². The molecule has 3 N–H and O–H groups in total. The lowest BCUT2D eigenvalue weighted by Gasteiger charge is -2.35. The van der Waals surface area contributed by atoms with Crippen LogP contribution in [0.5, 0.6) is 11.5 Å². The van der Waals surface area contributed by atoms with E-state index in [4.69, 9.17) is 18.9 Å². The number of alkyl carbamates (subject to hydrolysis) is 1. The molecule has 5 unspecified atom stereocenters. The highest BCUT2D eigenvalue weighted by molar-refractivity contribution is 7.89. The molecule has 1 saturated carbocycles. The van der Waals surface area contributed by atoms with E-state index < -0.39 is 33.7 Å². The van der Waals surface area contributed by atoms with Gasteiger partial charge in [-0.2, -0.15) is 4.31 Å². The van der Waals surface area contributed by atoms with Gasteiger partial charge in [0.25, 0.3) is 0 Å².